The SMILES string of the molecule is CC(C)(N)CNS(=O)(=O)Cc1cccc(C#N)c1.Cl. The van der Waals surface area contributed by atoms with E-state index >= 15 is 0 Å². The van der Waals surface area contributed by atoms with Gasteiger partial charge in [0.1, 0.15) is 0 Å². The molecule has 0 radical (unpaired) electrons. The average molecular weight is 304 g/mol. The van der Waals surface area contributed by atoms with Crippen LogP contribution in [-0.4, -0.2) is 20.5 Å². The van der Waals surface area contributed by atoms with Crippen LogP contribution in [0.15, 0.2) is 24.3 Å². The van der Waals surface area contributed by atoms with Crippen molar-refractivity contribution in [1.82, 2.24) is 4.72 Å². The Labute approximate surface area is 120 Å². The Morgan fingerprint density at radius 3 is 2.58 bits per heavy atom. The van der Waals surface area contributed by atoms with Gasteiger partial charge in [0, 0.05) is 12.1 Å². The van der Waals surface area contributed by atoms with Gasteiger partial charge in [-0.25, -0.2) is 13.1 Å². The summed E-state index contributed by atoms with van der Waals surface area (Å²) in [6, 6.07) is 8.51. The molecule has 7 heteroatoms. The number of hydrogen-bond acceptors (Lipinski definition) is 4. The lowest BCUT2D eigenvalue weighted by Gasteiger charge is -2.18. The van der Waals surface area contributed by atoms with E-state index in [0.717, 1.165) is 0 Å². The molecule has 0 atom stereocenters. The van der Waals surface area contributed by atoms with Crippen molar-refractivity contribution in [1.29, 1.82) is 5.26 Å². The highest BCUT2D eigenvalue weighted by molar-refractivity contribution is 7.88. The summed E-state index contributed by atoms with van der Waals surface area (Å²) < 4.78 is 26.0. The molecule has 106 valence electrons. The predicted molar refractivity (Wildman–Crippen MR) is 77.3 cm³/mol. The molecule has 0 heterocycles. The van der Waals surface area contributed by atoms with Crippen LogP contribution in [0.5, 0.6) is 0 Å². The molecule has 0 aliphatic rings. The molecule has 0 bridgehead atoms. The van der Waals surface area contributed by atoms with Gasteiger partial charge < -0.3 is 5.73 Å². The Bertz CT molecular complexity index is 559. The Kier molecular flexibility index (Phi) is 6.46. The molecule has 0 saturated heterocycles. The Hall–Kier alpha value is -1.13. The summed E-state index contributed by atoms with van der Waals surface area (Å²) in [6.07, 6.45) is 0. The van der Waals surface area contributed by atoms with Gasteiger partial charge in [-0.05, 0) is 31.5 Å². The van der Waals surface area contributed by atoms with Crippen LogP contribution in [0.4, 0.5) is 0 Å². The number of sulfonamides is 1. The van der Waals surface area contributed by atoms with E-state index in [2.05, 4.69) is 4.72 Å². The van der Waals surface area contributed by atoms with E-state index < -0.39 is 15.6 Å². The number of halogens is 1. The summed E-state index contributed by atoms with van der Waals surface area (Å²) in [7, 11) is -3.43. The minimum Gasteiger partial charge on any atom is -0.324 e. The number of benzene rings is 1. The van der Waals surface area contributed by atoms with Gasteiger partial charge in [-0.15, -0.1) is 12.4 Å². The molecule has 0 unspecified atom stereocenters. The number of hydrogen-bond donors (Lipinski definition) is 2. The molecule has 0 aromatic heterocycles. The van der Waals surface area contributed by atoms with E-state index in [-0.39, 0.29) is 24.7 Å². The van der Waals surface area contributed by atoms with Gasteiger partial charge in [0.2, 0.25) is 10.0 Å². The second kappa shape index (κ2) is 6.87. The van der Waals surface area contributed by atoms with Crippen LogP contribution < -0.4 is 10.5 Å². The second-order valence-electron chi connectivity index (χ2n) is 4.88. The van der Waals surface area contributed by atoms with Crippen molar-refractivity contribution in [2.75, 3.05) is 6.54 Å². The summed E-state index contributed by atoms with van der Waals surface area (Å²) in [5, 5.41) is 8.74. The highest BCUT2D eigenvalue weighted by Gasteiger charge is 2.17. The summed E-state index contributed by atoms with van der Waals surface area (Å²) >= 11 is 0. The van der Waals surface area contributed by atoms with Crippen molar-refractivity contribution in [2.24, 2.45) is 5.73 Å². The first-order chi connectivity index (χ1) is 8.22. The van der Waals surface area contributed by atoms with Crippen LogP contribution >= 0.6 is 12.4 Å². The van der Waals surface area contributed by atoms with Crippen molar-refractivity contribution in [2.45, 2.75) is 25.1 Å². The molecule has 3 N–H and O–H groups in total. The molecular weight excluding hydrogens is 286 g/mol. The van der Waals surface area contributed by atoms with Crippen molar-refractivity contribution in [3.05, 3.63) is 35.4 Å². The van der Waals surface area contributed by atoms with Crippen LogP contribution in [0.2, 0.25) is 0 Å². The first-order valence-corrected chi connectivity index (χ1v) is 7.12. The summed E-state index contributed by atoms with van der Waals surface area (Å²) in [6.45, 7) is 3.66. The zero-order valence-electron chi connectivity index (χ0n) is 10.9. The normalized spacial score (nSPS) is 11.5. The third-order valence-electron chi connectivity index (χ3n) is 2.16. The molecule has 0 aliphatic heterocycles. The number of nitrogens with two attached hydrogens (primary N) is 1. The lowest BCUT2D eigenvalue weighted by molar-refractivity contribution is 0.497. The standard InChI is InChI=1S/C12H17N3O2S.ClH/c1-12(2,14)9-15-18(16,17)8-11-5-3-4-10(6-11)7-13;/h3-6,15H,8-9,14H2,1-2H3;1H. The molecule has 0 amide bonds. The topological polar surface area (TPSA) is 96.0 Å². The van der Waals surface area contributed by atoms with Gasteiger partial charge in [0.25, 0.3) is 0 Å². The Morgan fingerprint density at radius 1 is 1.42 bits per heavy atom. The number of nitrogens with zero attached hydrogens (tertiary/aromatic N) is 1. The monoisotopic (exact) mass is 303 g/mol. The first-order valence-electron chi connectivity index (χ1n) is 5.47. The molecule has 19 heavy (non-hydrogen) atoms. The molecule has 0 saturated carbocycles. The molecule has 1 rings (SSSR count). The summed E-state index contributed by atoms with van der Waals surface area (Å²) in [5.41, 5.74) is 6.14. The van der Waals surface area contributed by atoms with Crippen molar-refractivity contribution >= 4 is 22.4 Å². The molecule has 1 aromatic carbocycles. The molecule has 0 spiro atoms. The fourth-order valence-corrected chi connectivity index (χ4v) is 2.61. The maximum atomic E-state index is 11.8. The van der Waals surface area contributed by atoms with Crippen LogP contribution in [0.3, 0.4) is 0 Å². The van der Waals surface area contributed by atoms with E-state index in [4.69, 9.17) is 11.0 Å². The number of nitriles is 1. The van der Waals surface area contributed by atoms with E-state index in [0.29, 0.717) is 11.1 Å². The fraction of sp³-hybridized carbons (Fsp3) is 0.417. The zero-order chi connectivity index (χ0) is 13.8. The van der Waals surface area contributed by atoms with E-state index in [9.17, 15) is 8.42 Å². The third-order valence-corrected chi connectivity index (χ3v) is 3.46. The largest absolute Gasteiger partial charge is 0.324 e. The zero-order valence-corrected chi connectivity index (χ0v) is 12.5. The van der Waals surface area contributed by atoms with Gasteiger partial charge in [0.15, 0.2) is 0 Å². The van der Waals surface area contributed by atoms with Gasteiger partial charge in [0.05, 0.1) is 17.4 Å². The molecule has 0 aliphatic carbocycles. The maximum Gasteiger partial charge on any atom is 0.215 e. The van der Waals surface area contributed by atoms with E-state index in [1.807, 2.05) is 6.07 Å². The van der Waals surface area contributed by atoms with Gasteiger partial charge in [-0.3, -0.25) is 0 Å². The highest BCUT2D eigenvalue weighted by Crippen LogP contribution is 2.08. The summed E-state index contributed by atoms with van der Waals surface area (Å²) in [4.78, 5) is 0. The van der Waals surface area contributed by atoms with Crippen molar-refractivity contribution < 1.29 is 8.42 Å². The lowest BCUT2D eigenvalue weighted by Crippen LogP contribution is -2.45. The van der Waals surface area contributed by atoms with Crippen molar-refractivity contribution in [3.63, 3.8) is 0 Å². The minimum absolute atomic E-state index is 0. The van der Waals surface area contributed by atoms with Gasteiger partial charge in [-0.1, -0.05) is 12.1 Å². The molecule has 0 fully saturated rings. The number of nitrogens with one attached hydrogen (secondary N) is 1. The quantitative estimate of drug-likeness (QED) is 0.852. The van der Waals surface area contributed by atoms with Gasteiger partial charge >= 0.3 is 0 Å². The van der Waals surface area contributed by atoms with Gasteiger partial charge in [-0.2, -0.15) is 5.26 Å². The van der Waals surface area contributed by atoms with Crippen LogP contribution in [0, 0.1) is 11.3 Å². The molecular formula is C12H18ClN3O2S. The fourth-order valence-electron chi connectivity index (χ4n) is 1.30. The van der Waals surface area contributed by atoms with Crippen molar-refractivity contribution in [3.8, 4) is 6.07 Å². The predicted octanol–water partition coefficient (Wildman–Crippen LogP) is 1.14. The second-order valence-corrected chi connectivity index (χ2v) is 6.69. The smallest absolute Gasteiger partial charge is 0.215 e. The minimum atomic E-state index is -3.43. The number of rotatable bonds is 5. The first kappa shape index (κ1) is 17.9. The van der Waals surface area contributed by atoms with Crippen LogP contribution in [0.1, 0.15) is 25.0 Å². The molecule has 1 aromatic rings. The third kappa shape index (κ3) is 7.13. The highest BCUT2D eigenvalue weighted by atomic mass is 35.5. The maximum absolute atomic E-state index is 11.8. The van der Waals surface area contributed by atoms with E-state index in [1.165, 1.54) is 0 Å². The average Bonchev–Trinajstić information content (AvgIpc) is 2.25. The summed E-state index contributed by atoms with van der Waals surface area (Å²) in [5.74, 6) is -0.154. The Morgan fingerprint density at radius 2 is 2.05 bits per heavy atom. The van der Waals surface area contributed by atoms with E-state index in [1.54, 1.807) is 38.1 Å². The Balaban J connectivity index is 0.00000324. The van der Waals surface area contributed by atoms with Crippen LogP contribution in [0.25, 0.3) is 0 Å². The van der Waals surface area contributed by atoms with Crippen LogP contribution in [-0.2, 0) is 15.8 Å². The molecule has 5 nitrogen and oxygen atoms in total. The lowest BCUT2D eigenvalue weighted by atomic mass is 10.1.